The lowest BCUT2D eigenvalue weighted by Gasteiger charge is -2.12. The van der Waals surface area contributed by atoms with Crippen LogP contribution >= 0.6 is 35.0 Å². The number of nitrogens with zero attached hydrogens (tertiary/aromatic N) is 3. The Kier molecular flexibility index (Phi) is 6.81. The smallest absolute Gasteiger partial charge is 0.293 e. The van der Waals surface area contributed by atoms with Gasteiger partial charge in [0, 0.05) is 50.9 Å². The molecule has 0 bridgehead atoms. The molecule has 2 amide bonds. The highest BCUT2D eigenvalue weighted by Gasteiger charge is 2.35. The first-order valence-corrected chi connectivity index (χ1v) is 12.8. The summed E-state index contributed by atoms with van der Waals surface area (Å²) in [5.74, 6) is -0.432. The summed E-state index contributed by atoms with van der Waals surface area (Å²) in [6.45, 7) is 2.42. The first-order chi connectivity index (χ1) is 17.7. The third kappa shape index (κ3) is 4.87. The van der Waals surface area contributed by atoms with Crippen molar-refractivity contribution in [2.75, 3.05) is 0 Å². The molecule has 1 aliphatic heterocycles. The number of aromatic nitrogens is 1. The molecule has 1 fully saturated rings. The molecule has 0 atom stereocenters. The van der Waals surface area contributed by atoms with Crippen LogP contribution in [-0.4, -0.2) is 25.5 Å². The summed E-state index contributed by atoms with van der Waals surface area (Å²) >= 11 is 13.4. The van der Waals surface area contributed by atoms with Crippen LogP contribution in [0.2, 0.25) is 10.0 Å². The van der Waals surface area contributed by atoms with Crippen LogP contribution in [-0.2, 0) is 17.9 Å². The minimum atomic E-state index is -0.507. The van der Waals surface area contributed by atoms with Gasteiger partial charge in [-0.15, -0.1) is 0 Å². The number of thioether (sulfide) groups is 1. The molecule has 0 saturated carbocycles. The number of rotatable bonds is 6. The summed E-state index contributed by atoms with van der Waals surface area (Å²) in [6, 6.07) is 19.1. The largest absolute Gasteiger partial charge is 0.340 e. The van der Waals surface area contributed by atoms with E-state index in [1.165, 1.54) is 18.2 Å². The number of fused-ring (bicyclic) bond motifs is 1. The van der Waals surface area contributed by atoms with E-state index in [1.807, 2.05) is 37.3 Å². The molecule has 0 N–H and O–H groups in total. The molecule has 0 aliphatic carbocycles. The lowest BCUT2D eigenvalue weighted by molar-refractivity contribution is -0.384. The highest BCUT2D eigenvalue weighted by atomic mass is 35.5. The van der Waals surface area contributed by atoms with Crippen molar-refractivity contribution in [2.45, 2.75) is 20.0 Å². The fraction of sp³-hybridized carbons (Fsp3) is 0.111. The maximum absolute atomic E-state index is 13.2. The second kappa shape index (κ2) is 10.0. The van der Waals surface area contributed by atoms with Crippen LogP contribution < -0.4 is 0 Å². The minimum absolute atomic E-state index is 0.0422. The number of carbonyl (C=O) groups is 2. The Morgan fingerprint density at radius 2 is 1.78 bits per heavy atom. The van der Waals surface area contributed by atoms with Crippen LogP contribution in [0.5, 0.6) is 0 Å². The topological polar surface area (TPSA) is 85.5 Å². The first-order valence-electron chi connectivity index (χ1n) is 11.2. The molecule has 4 aromatic rings. The predicted molar refractivity (Wildman–Crippen MR) is 147 cm³/mol. The van der Waals surface area contributed by atoms with E-state index < -0.39 is 16.1 Å². The van der Waals surface area contributed by atoms with Crippen LogP contribution in [0.25, 0.3) is 17.0 Å². The minimum Gasteiger partial charge on any atom is -0.340 e. The van der Waals surface area contributed by atoms with Gasteiger partial charge in [-0.2, -0.15) is 0 Å². The first kappa shape index (κ1) is 25.1. The Hall–Kier alpha value is -3.59. The number of nitro groups is 1. The third-order valence-electron chi connectivity index (χ3n) is 6.23. The highest BCUT2D eigenvalue weighted by molar-refractivity contribution is 8.18. The number of non-ortho nitro benzene ring substituents is 1. The average molecular weight is 552 g/mol. The second-order valence-electron chi connectivity index (χ2n) is 8.53. The lowest BCUT2D eigenvalue weighted by Crippen LogP contribution is -2.27. The summed E-state index contributed by atoms with van der Waals surface area (Å²) in [5.41, 5.74) is 4.03. The molecule has 0 unspecified atom stereocenters. The summed E-state index contributed by atoms with van der Waals surface area (Å²) in [6.07, 6.45) is 1.75. The van der Waals surface area contributed by atoms with E-state index in [4.69, 9.17) is 23.2 Å². The molecule has 0 radical (unpaired) electrons. The molecule has 1 aliphatic rings. The molecular weight excluding hydrogens is 533 g/mol. The van der Waals surface area contributed by atoms with Gasteiger partial charge in [-0.05, 0) is 54.1 Å². The van der Waals surface area contributed by atoms with Gasteiger partial charge in [0.05, 0.1) is 16.4 Å². The number of carbonyl (C=O) groups excluding carboxylic acids is 2. The van der Waals surface area contributed by atoms with Gasteiger partial charge in [-0.25, -0.2) is 0 Å². The predicted octanol–water partition coefficient (Wildman–Crippen LogP) is 7.45. The van der Waals surface area contributed by atoms with Crippen molar-refractivity contribution in [3.05, 3.63) is 114 Å². The van der Waals surface area contributed by atoms with Gasteiger partial charge in [-0.1, -0.05) is 59.6 Å². The molecule has 1 aromatic heterocycles. The van der Waals surface area contributed by atoms with Crippen molar-refractivity contribution < 1.29 is 14.5 Å². The van der Waals surface area contributed by atoms with Gasteiger partial charge in [0.2, 0.25) is 0 Å². The molecule has 3 aromatic carbocycles. The lowest BCUT2D eigenvalue weighted by atomic mass is 10.1. The van der Waals surface area contributed by atoms with E-state index in [9.17, 15) is 19.7 Å². The van der Waals surface area contributed by atoms with Crippen LogP contribution in [0.3, 0.4) is 0 Å². The van der Waals surface area contributed by atoms with E-state index in [0.29, 0.717) is 27.1 Å². The van der Waals surface area contributed by atoms with Crippen molar-refractivity contribution in [3.63, 3.8) is 0 Å². The van der Waals surface area contributed by atoms with Gasteiger partial charge in [0.1, 0.15) is 0 Å². The monoisotopic (exact) mass is 551 g/mol. The number of halogens is 2. The van der Waals surface area contributed by atoms with Crippen molar-refractivity contribution in [2.24, 2.45) is 0 Å². The van der Waals surface area contributed by atoms with E-state index in [1.54, 1.807) is 24.3 Å². The van der Waals surface area contributed by atoms with Gasteiger partial charge in [0.25, 0.3) is 16.8 Å². The zero-order valence-electron chi connectivity index (χ0n) is 19.5. The fourth-order valence-corrected chi connectivity index (χ4v) is 5.67. The summed E-state index contributed by atoms with van der Waals surface area (Å²) in [4.78, 5) is 37.9. The van der Waals surface area contributed by atoms with Crippen LogP contribution in [0.4, 0.5) is 10.5 Å². The number of imide groups is 1. The van der Waals surface area contributed by atoms with Gasteiger partial charge < -0.3 is 4.57 Å². The molecule has 186 valence electrons. The fourth-order valence-electron chi connectivity index (χ4n) is 4.38. The zero-order valence-corrected chi connectivity index (χ0v) is 21.8. The summed E-state index contributed by atoms with van der Waals surface area (Å²) in [7, 11) is 0. The van der Waals surface area contributed by atoms with E-state index in [0.717, 1.165) is 44.4 Å². The summed E-state index contributed by atoms with van der Waals surface area (Å²) in [5, 5.41) is 12.7. The van der Waals surface area contributed by atoms with E-state index in [2.05, 4.69) is 4.57 Å². The maximum atomic E-state index is 13.2. The van der Waals surface area contributed by atoms with Gasteiger partial charge in [0.15, 0.2) is 0 Å². The maximum Gasteiger partial charge on any atom is 0.293 e. The molecular formula is C27H19Cl2N3O4S. The van der Waals surface area contributed by atoms with E-state index in [-0.39, 0.29) is 12.2 Å². The Bertz CT molecular complexity index is 1630. The van der Waals surface area contributed by atoms with Crippen molar-refractivity contribution in [3.8, 4) is 0 Å². The van der Waals surface area contributed by atoms with Crippen LogP contribution in [0.15, 0.2) is 71.6 Å². The van der Waals surface area contributed by atoms with Crippen molar-refractivity contribution in [1.29, 1.82) is 0 Å². The molecule has 0 spiro atoms. The average Bonchev–Trinajstić information content (AvgIpc) is 3.29. The molecule has 37 heavy (non-hydrogen) atoms. The normalized spacial score (nSPS) is 14.8. The quantitative estimate of drug-likeness (QED) is 0.141. The zero-order chi connectivity index (χ0) is 26.3. The van der Waals surface area contributed by atoms with Crippen molar-refractivity contribution in [1.82, 2.24) is 9.47 Å². The van der Waals surface area contributed by atoms with E-state index >= 15 is 0 Å². The summed E-state index contributed by atoms with van der Waals surface area (Å²) < 4.78 is 2.11. The Morgan fingerprint density at radius 3 is 2.54 bits per heavy atom. The van der Waals surface area contributed by atoms with Crippen molar-refractivity contribution >= 4 is 68.8 Å². The molecule has 10 heteroatoms. The molecule has 5 rings (SSSR count). The number of hydrogen-bond donors (Lipinski definition) is 0. The Balaban J connectivity index is 1.49. The Labute approximate surface area is 226 Å². The van der Waals surface area contributed by atoms with Gasteiger partial charge in [-0.3, -0.25) is 24.6 Å². The van der Waals surface area contributed by atoms with Crippen LogP contribution in [0.1, 0.15) is 22.4 Å². The third-order valence-corrected chi connectivity index (χ3v) is 7.73. The number of amides is 2. The Morgan fingerprint density at radius 1 is 1.00 bits per heavy atom. The van der Waals surface area contributed by atoms with Crippen LogP contribution in [0, 0.1) is 17.0 Å². The molecule has 1 saturated heterocycles. The number of benzene rings is 3. The number of hydrogen-bond acceptors (Lipinski definition) is 5. The molecule has 2 heterocycles. The highest BCUT2D eigenvalue weighted by Crippen LogP contribution is 2.37. The number of nitro benzene ring substituents is 1. The SMILES string of the molecule is Cc1c(/C=C2/SC(=O)N(Cc3cccc([N+](=O)[O-])c3)C2=O)c2ccccc2n1Cc1ccc(Cl)cc1Cl. The molecule has 7 nitrogen and oxygen atoms in total. The second-order valence-corrected chi connectivity index (χ2v) is 10.4. The number of para-hydroxylation sites is 1. The standard InChI is InChI=1S/C27H19Cl2N3O4S/c1-16-22(21-7-2-3-8-24(21)30(16)15-18-9-10-19(28)12-23(18)29)13-25-26(33)31(27(34)37-25)14-17-5-4-6-20(11-17)32(35)36/h2-13H,14-15H2,1H3/b25-13+. The van der Waals surface area contributed by atoms with Gasteiger partial charge >= 0.3 is 0 Å².